The molecular weight excluding hydrogens is 194 g/mol. The number of hydrogen-bond donors (Lipinski definition) is 1. The molecule has 90 valence electrons. The van der Waals surface area contributed by atoms with Gasteiger partial charge in [-0.1, -0.05) is 0 Å². The van der Waals surface area contributed by atoms with Crippen LogP contribution in [0.5, 0.6) is 0 Å². The van der Waals surface area contributed by atoms with Gasteiger partial charge in [-0.15, -0.1) is 0 Å². The van der Waals surface area contributed by atoms with Gasteiger partial charge in [0.25, 0.3) is 0 Å². The molecule has 0 radical (unpaired) electrons. The summed E-state index contributed by atoms with van der Waals surface area (Å²) >= 11 is 0. The summed E-state index contributed by atoms with van der Waals surface area (Å²) in [6.07, 6.45) is 0.800. The zero-order chi connectivity index (χ0) is 11.9. The molecule has 0 aromatic carbocycles. The van der Waals surface area contributed by atoms with Crippen LogP contribution in [0.25, 0.3) is 0 Å². The van der Waals surface area contributed by atoms with Crippen molar-refractivity contribution in [1.82, 2.24) is 5.32 Å². The lowest BCUT2D eigenvalue weighted by Gasteiger charge is -2.26. The van der Waals surface area contributed by atoms with Crippen LogP contribution >= 0.6 is 0 Å². The first-order valence-electron chi connectivity index (χ1n) is 5.44. The number of esters is 1. The van der Waals surface area contributed by atoms with Gasteiger partial charge < -0.3 is 14.8 Å². The zero-order valence-electron chi connectivity index (χ0n) is 10.4. The van der Waals surface area contributed by atoms with Crippen LogP contribution in [0, 0.1) is 0 Å². The molecular formula is C11H23NO3. The molecule has 1 unspecified atom stereocenters. The molecule has 4 heteroatoms. The Morgan fingerprint density at radius 1 is 1.47 bits per heavy atom. The molecule has 0 rings (SSSR count). The molecule has 1 N–H and O–H groups in total. The van der Waals surface area contributed by atoms with E-state index < -0.39 is 5.54 Å². The van der Waals surface area contributed by atoms with Gasteiger partial charge in [0.15, 0.2) is 0 Å². The summed E-state index contributed by atoms with van der Waals surface area (Å²) in [6.45, 7) is 8.53. The van der Waals surface area contributed by atoms with Crippen molar-refractivity contribution in [2.24, 2.45) is 0 Å². The van der Waals surface area contributed by atoms with Gasteiger partial charge in [0.2, 0.25) is 0 Å². The maximum absolute atomic E-state index is 11.6. The topological polar surface area (TPSA) is 47.6 Å². The largest absolute Gasteiger partial charge is 0.465 e. The molecule has 0 spiro atoms. The summed E-state index contributed by atoms with van der Waals surface area (Å²) in [7, 11) is 1.76. The van der Waals surface area contributed by atoms with Gasteiger partial charge in [0, 0.05) is 6.61 Å². The van der Waals surface area contributed by atoms with Gasteiger partial charge in [-0.3, -0.25) is 4.79 Å². The highest BCUT2D eigenvalue weighted by Crippen LogP contribution is 2.12. The molecule has 0 aromatic rings. The molecule has 0 aliphatic heterocycles. The predicted molar refractivity (Wildman–Crippen MR) is 59.8 cm³/mol. The van der Waals surface area contributed by atoms with Crippen molar-refractivity contribution in [3.63, 3.8) is 0 Å². The van der Waals surface area contributed by atoms with Gasteiger partial charge in [0.05, 0.1) is 12.7 Å². The van der Waals surface area contributed by atoms with E-state index in [1.54, 1.807) is 14.0 Å². The Labute approximate surface area is 92.3 Å². The third kappa shape index (κ3) is 5.14. The Bertz CT molecular complexity index is 194. The lowest BCUT2D eigenvalue weighted by Crippen LogP contribution is -2.49. The molecule has 15 heavy (non-hydrogen) atoms. The zero-order valence-corrected chi connectivity index (χ0v) is 10.4. The van der Waals surface area contributed by atoms with E-state index in [9.17, 15) is 4.79 Å². The number of ether oxygens (including phenoxy) is 2. The second-order valence-corrected chi connectivity index (χ2v) is 3.97. The molecule has 0 bridgehead atoms. The molecule has 0 saturated heterocycles. The molecule has 0 aliphatic rings. The minimum Gasteiger partial charge on any atom is -0.465 e. The lowest BCUT2D eigenvalue weighted by atomic mass is 9.99. The van der Waals surface area contributed by atoms with Crippen molar-refractivity contribution in [2.45, 2.75) is 45.8 Å². The average molecular weight is 217 g/mol. The quantitative estimate of drug-likeness (QED) is 0.654. The summed E-state index contributed by atoms with van der Waals surface area (Å²) in [5.41, 5.74) is -0.648. The normalized spacial score (nSPS) is 15.1. The Kier molecular flexibility index (Phi) is 6.52. The fraction of sp³-hybridized carbons (Fsp3) is 0.909. The number of likely N-dealkylation sites (N-methyl/N-ethyl adjacent to an activating group) is 1. The summed E-state index contributed by atoms with van der Waals surface area (Å²) in [6, 6.07) is 0. The van der Waals surface area contributed by atoms with Crippen LogP contribution < -0.4 is 5.32 Å². The summed E-state index contributed by atoms with van der Waals surface area (Å²) < 4.78 is 10.4. The monoisotopic (exact) mass is 217 g/mol. The van der Waals surface area contributed by atoms with Crippen LogP contribution in [0.2, 0.25) is 0 Å². The van der Waals surface area contributed by atoms with E-state index in [1.807, 2.05) is 20.8 Å². The lowest BCUT2D eigenvalue weighted by molar-refractivity contribution is -0.151. The van der Waals surface area contributed by atoms with Crippen molar-refractivity contribution in [3.05, 3.63) is 0 Å². The second kappa shape index (κ2) is 6.80. The van der Waals surface area contributed by atoms with E-state index in [0.29, 0.717) is 19.6 Å². The van der Waals surface area contributed by atoms with Crippen molar-refractivity contribution >= 4 is 5.97 Å². The fourth-order valence-corrected chi connectivity index (χ4v) is 1.12. The van der Waals surface area contributed by atoms with E-state index in [4.69, 9.17) is 9.47 Å². The molecule has 1 atom stereocenters. The van der Waals surface area contributed by atoms with E-state index in [2.05, 4.69) is 5.32 Å². The molecule has 0 heterocycles. The smallest absolute Gasteiger partial charge is 0.326 e. The maximum atomic E-state index is 11.6. The first-order chi connectivity index (χ1) is 6.96. The summed E-state index contributed by atoms with van der Waals surface area (Å²) in [4.78, 5) is 11.6. The van der Waals surface area contributed by atoms with Crippen LogP contribution in [0.1, 0.15) is 34.1 Å². The van der Waals surface area contributed by atoms with Gasteiger partial charge in [-0.2, -0.15) is 0 Å². The highest BCUT2D eigenvalue weighted by atomic mass is 16.5. The maximum Gasteiger partial charge on any atom is 0.326 e. The van der Waals surface area contributed by atoms with Crippen LogP contribution in [0.3, 0.4) is 0 Å². The SMILES string of the molecule is CCOC(=O)C(C)(CCOC(C)C)NC. The minimum absolute atomic E-state index is 0.188. The van der Waals surface area contributed by atoms with E-state index in [0.717, 1.165) is 0 Å². The van der Waals surface area contributed by atoms with E-state index >= 15 is 0 Å². The van der Waals surface area contributed by atoms with Gasteiger partial charge in [-0.05, 0) is 41.2 Å². The Morgan fingerprint density at radius 2 is 2.07 bits per heavy atom. The third-order valence-electron chi connectivity index (χ3n) is 2.33. The molecule has 0 aromatic heterocycles. The first-order valence-corrected chi connectivity index (χ1v) is 5.44. The second-order valence-electron chi connectivity index (χ2n) is 3.97. The number of carbonyl (C=O) groups is 1. The molecule has 0 saturated carbocycles. The van der Waals surface area contributed by atoms with E-state index in [1.165, 1.54) is 0 Å². The molecule has 0 aliphatic carbocycles. The number of hydrogen-bond acceptors (Lipinski definition) is 4. The Hall–Kier alpha value is -0.610. The number of carbonyl (C=O) groups excluding carboxylic acids is 1. The number of nitrogens with one attached hydrogen (secondary N) is 1. The van der Waals surface area contributed by atoms with Gasteiger partial charge in [-0.25, -0.2) is 0 Å². The summed E-state index contributed by atoms with van der Waals surface area (Å²) in [5.74, 6) is -0.222. The first kappa shape index (κ1) is 14.4. The fourth-order valence-electron chi connectivity index (χ4n) is 1.12. The van der Waals surface area contributed by atoms with Crippen LogP contribution in [-0.2, 0) is 14.3 Å². The Morgan fingerprint density at radius 3 is 2.47 bits per heavy atom. The van der Waals surface area contributed by atoms with Crippen LogP contribution in [0.15, 0.2) is 0 Å². The van der Waals surface area contributed by atoms with E-state index in [-0.39, 0.29) is 12.1 Å². The van der Waals surface area contributed by atoms with Crippen LogP contribution in [0.4, 0.5) is 0 Å². The standard InChI is InChI=1S/C11H23NO3/c1-6-14-10(13)11(4,12-5)7-8-15-9(2)3/h9,12H,6-8H2,1-5H3. The third-order valence-corrected chi connectivity index (χ3v) is 2.33. The average Bonchev–Trinajstić information content (AvgIpc) is 2.17. The van der Waals surface area contributed by atoms with Crippen molar-refractivity contribution in [2.75, 3.05) is 20.3 Å². The minimum atomic E-state index is -0.648. The van der Waals surface area contributed by atoms with Crippen LogP contribution in [-0.4, -0.2) is 37.9 Å². The van der Waals surface area contributed by atoms with Crippen molar-refractivity contribution in [3.8, 4) is 0 Å². The number of rotatable bonds is 7. The molecule has 4 nitrogen and oxygen atoms in total. The summed E-state index contributed by atoms with van der Waals surface area (Å²) in [5, 5.41) is 2.98. The van der Waals surface area contributed by atoms with Crippen molar-refractivity contribution in [1.29, 1.82) is 0 Å². The van der Waals surface area contributed by atoms with Gasteiger partial charge >= 0.3 is 5.97 Å². The Balaban J connectivity index is 4.12. The van der Waals surface area contributed by atoms with Gasteiger partial charge in [0.1, 0.15) is 5.54 Å². The highest BCUT2D eigenvalue weighted by molar-refractivity contribution is 5.80. The predicted octanol–water partition coefficient (Wildman–Crippen LogP) is 1.34. The highest BCUT2D eigenvalue weighted by Gasteiger charge is 2.32. The molecule has 0 amide bonds. The molecule has 0 fully saturated rings. The van der Waals surface area contributed by atoms with Crippen molar-refractivity contribution < 1.29 is 14.3 Å².